The lowest BCUT2D eigenvalue weighted by molar-refractivity contribution is 0.208. The molecule has 1 fully saturated rings. The third-order valence-electron chi connectivity index (χ3n) is 3.57. The molecule has 23 heavy (non-hydrogen) atoms. The van der Waals surface area contributed by atoms with E-state index in [-0.39, 0.29) is 6.03 Å². The third-order valence-corrected chi connectivity index (χ3v) is 4.14. The number of nitrogens with zero attached hydrogens (tertiary/aromatic N) is 4. The monoisotopic (exact) mass is 351 g/mol. The van der Waals surface area contributed by atoms with Gasteiger partial charge in [0.05, 0.1) is 10.7 Å². The molecule has 1 aromatic heterocycles. The predicted octanol–water partition coefficient (Wildman–Crippen LogP) is 3.14. The molecule has 1 aromatic carbocycles. The van der Waals surface area contributed by atoms with Gasteiger partial charge in [-0.15, -0.1) is 0 Å². The largest absolute Gasteiger partial charge is 0.337 e. The number of halogens is 2. The molecule has 120 valence electrons. The molecule has 0 spiro atoms. The molecule has 2 heterocycles. The molecule has 0 radical (unpaired) electrons. The number of benzene rings is 1. The van der Waals surface area contributed by atoms with Gasteiger partial charge in [-0.2, -0.15) is 0 Å². The molecule has 0 atom stereocenters. The van der Waals surface area contributed by atoms with E-state index in [1.165, 1.54) is 0 Å². The number of rotatable bonds is 2. The number of hydrogen-bond donors (Lipinski definition) is 1. The van der Waals surface area contributed by atoms with E-state index in [2.05, 4.69) is 20.2 Å². The number of carbonyl (C=O) groups is 1. The van der Waals surface area contributed by atoms with E-state index >= 15 is 0 Å². The minimum atomic E-state index is -0.192. The van der Waals surface area contributed by atoms with Crippen LogP contribution in [0, 0.1) is 0 Å². The van der Waals surface area contributed by atoms with Crippen LogP contribution in [0.15, 0.2) is 36.7 Å². The Morgan fingerprint density at radius 3 is 2.48 bits per heavy atom. The van der Waals surface area contributed by atoms with Gasteiger partial charge in [-0.05, 0) is 24.3 Å². The Labute approximate surface area is 144 Å². The first-order chi connectivity index (χ1) is 11.1. The quantitative estimate of drug-likeness (QED) is 0.902. The zero-order valence-corrected chi connectivity index (χ0v) is 13.8. The molecule has 1 saturated heterocycles. The fourth-order valence-corrected chi connectivity index (χ4v) is 2.69. The van der Waals surface area contributed by atoms with Crippen molar-refractivity contribution in [3.63, 3.8) is 0 Å². The van der Waals surface area contributed by atoms with Crippen LogP contribution in [-0.2, 0) is 0 Å². The second-order valence-electron chi connectivity index (χ2n) is 5.08. The van der Waals surface area contributed by atoms with Crippen LogP contribution in [-0.4, -0.2) is 47.1 Å². The Bertz CT molecular complexity index is 690. The fourth-order valence-electron chi connectivity index (χ4n) is 2.35. The molecule has 3 rings (SSSR count). The maximum absolute atomic E-state index is 12.3. The van der Waals surface area contributed by atoms with Crippen LogP contribution in [0.2, 0.25) is 10.0 Å². The third kappa shape index (κ3) is 3.83. The van der Waals surface area contributed by atoms with Gasteiger partial charge in [-0.3, -0.25) is 0 Å². The molecular weight excluding hydrogens is 337 g/mol. The van der Waals surface area contributed by atoms with Crippen LogP contribution in [0.25, 0.3) is 0 Å². The molecule has 0 saturated carbocycles. The molecule has 1 aliphatic heterocycles. The fraction of sp³-hybridized carbons (Fsp3) is 0.267. The number of carbonyl (C=O) groups excluding carboxylic acids is 1. The summed E-state index contributed by atoms with van der Waals surface area (Å²) in [6.07, 6.45) is 3.42. The zero-order chi connectivity index (χ0) is 16.2. The Kier molecular flexibility index (Phi) is 4.83. The highest BCUT2D eigenvalue weighted by Gasteiger charge is 2.22. The van der Waals surface area contributed by atoms with E-state index in [0.29, 0.717) is 47.9 Å². The number of piperazine rings is 1. The molecule has 1 N–H and O–H groups in total. The summed E-state index contributed by atoms with van der Waals surface area (Å²) in [5.74, 6) is 0.686. The zero-order valence-electron chi connectivity index (χ0n) is 12.2. The Morgan fingerprint density at radius 1 is 1.09 bits per heavy atom. The second-order valence-corrected chi connectivity index (χ2v) is 5.92. The first-order valence-electron chi connectivity index (χ1n) is 7.16. The average molecular weight is 352 g/mol. The van der Waals surface area contributed by atoms with E-state index < -0.39 is 0 Å². The van der Waals surface area contributed by atoms with Crippen molar-refractivity contribution in [1.29, 1.82) is 0 Å². The standard InChI is InChI=1S/C15H15Cl2N5O/c16-11-2-3-12(17)13(10-11)20-15(23)22-8-6-21(7-9-22)14-18-4-1-5-19-14/h1-5,10H,6-9H2,(H,20,23). The van der Waals surface area contributed by atoms with Crippen molar-refractivity contribution in [3.05, 3.63) is 46.7 Å². The normalized spacial score (nSPS) is 14.7. The molecule has 0 aliphatic carbocycles. The van der Waals surface area contributed by atoms with Gasteiger partial charge in [0.25, 0.3) is 0 Å². The maximum Gasteiger partial charge on any atom is 0.322 e. The number of nitrogens with one attached hydrogen (secondary N) is 1. The topological polar surface area (TPSA) is 61.4 Å². The number of urea groups is 1. The van der Waals surface area contributed by atoms with Crippen LogP contribution in [0.1, 0.15) is 0 Å². The van der Waals surface area contributed by atoms with Gasteiger partial charge in [-0.1, -0.05) is 23.2 Å². The number of aromatic nitrogens is 2. The van der Waals surface area contributed by atoms with Crippen LogP contribution in [0.3, 0.4) is 0 Å². The van der Waals surface area contributed by atoms with Crippen molar-refractivity contribution in [2.75, 3.05) is 36.4 Å². The van der Waals surface area contributed by atoms with E-state index in [9.17, 15) is 4.79 Å². The first-order valence-corrected chi connectivity index (χ1v) is 7.92. The van der Waals surface area contributed by atoms with Crippen molar-refractivity contribution in [3.8, 4) is 0 Å². The highest BCUT2D eigenvalue weighted by Crippen LogP contribution is 2.25. The molecule has 2 aromatic rings. The van der Waals surface area contributed by atoms with Gasteiger partial charge in [0.15, 0.2) is 0 Å². The van der Waals surface area contributed by atoms with Gasteiger partial charge in [-0.25, -0.2) is 14.8 Å². The second kappa shape index (κ2) is 7.02. The van der Waals surface area contributed by atoms with Gasteiger partial charge in [0.2, 0.25) is 5.95 Å². The van der Waals surface area contributed by atoms with Crippen LogP contribution >= 0.6 is 23.2 Å². The minimum absolute atomic E-state index is 0.192. The summed E-state index contributed by atoms with van der Waals surface area (Å²) in [6, 6.07) is 6.56. The lowest BCUT2D eigenvalue weighted by atomic mass is 10.3. The van der Waals surface area contributed by atoms with Crippen molar-refractivity contribution in [2.24, 2.45) is 0 Å². The summed E-state index contributed by atoms with van der Waals surface area (Å²) in [6.45, 7) is 2.53. The van der Waals surface area contributed by atoms with Gasteiger partial charge in [0, 0.05) is 43.6 Å². The lowest BCUT2D eigenvalue weighted by Gasteiger charge is -2.34. The van der Waals surface area contributed by atoms with Gasteiger partial charge in [0.1, 0.15) is 0 Å². The van der Waals surface area contributed by atoms with Crippen LogP contribution < -0.4 is 10.2 Å². The van der Waals surface area contributed by atoms with Crippen LogP contribution in [0.4, 0.5) is 16.4 Å². The summed E-state index contributed by atoms with van der Waals surface area (Å²) in [4.78, 5) is 24.6. The summed E-state index contributed by atoms with van der Waals surface area (Å²) in [7, 11) is 0. The average Bonchev–Trinajstić information content (AvgIpc) is 2.59. The molecular formula is C15H15Cl2N5O. The van der Waals surface area contributed by atoms with Gasteiger partial charge >= 0.3 is 6.03 Å². The van der Waals surface area contributed by atoms with E-state index in [0.717, 1.165) is 0 Å². The summed E-state index contributed by atoms with van der Waals surface area (Å²) >= 11 is 12.0. The highest BCUT2D eigenvalue weighted by atomic mass is 35.5. The number of amides is 2. The van der Waals surface area contributed by atoms with Gasteiger partial charge < -0.3 is 15.1 Å². The Balaban J connectivity index is 1.59. The number of hydrogen-bond acceptors (Lipinski definition) is 4. The Morgan fingerprint density at radius 2 is 1.78 bits per heavy atom. The van der Waals surface area contributed by atoms with E-state index in [1.807, 2.05) is 0 Å². The Hall–Kier alpha value is -2.05. The maximum atomic E-state index is 12.3. The van der Waals surface area contributed by atoms with Crippen molar-refractivity contribution in [2.45, 2.75) is 0 Å². The van der Waals surface area contributed by atoms with Crippen LogP contribution in [0.5, 0.6) is 0 Å². The van der Waals surface area contributed by atoms with E-state index in [1.54, 1.807) is 41.6 Å². The lowest BCUT2D eigenvalue weighted by Crippen LogP contribution is -2.50. The smallest absolute Gasteiger partial charge is 0.322 e. The molecule has 8 heteroatoms. The predicted molar refractivity (Wildman–Crippen MR) is 91.3 cm³/mol. The molecule has 0 unspecified atom stereocenters. The molecule has 2 amide bonds. The summed E-state index contributed by atoms with van der Waals surface area (Å²) < 4.78 is 0. The highest BCUT2D eigenvalue weighted by molar-refractivity contribution is 6.35. The molecule has 6 nitrogen and oxygen atoms in total. The summed E-state index contributed by atoms with van der Waals surface area (Å²) in [5.41, 5.74) is 0.512. The minimum Gasteiger partial charge on any atom is -0.337 e. The van der Waals surface area contributed by atoms with Crippen molar-refractivity contribution in [1.82, 2.24) is 14.9 Å². The SMILES string of the molecule is O=C(Nc1cc(Cl)ccc1Cl)N1CCN(c2ncccn2)CC1. The van der Waals surface area contributed by atoms with Crippen molar-refractivity contribution < 1.29 is 4.79 Å². The summed E-state index contributed by atoms with van der Waals surface area (Å²) in [5, 5.41) is 3.78. The van der Waals surface area contributed by atoms with Crippen molar-refractivity contribution >= 4 is 40.9 Å². The number of anilines is 2. The molecule has 0 bridgehead atoms. The van der Waals surface area contributed by atoms with E-state index in [4.69, 9.17) is 23.2 Å². The molecule has 1 aliphatic rings. The first kappa shape index (κ1) is 15.8.